The SMILES string of the molecule is COc1ccc2c(c1)C(=O)N(C[C@@]1(c3cc4cncc(Br)c4o3)NC(=O)NC1=O)C2.O=c1c(Br)c[nH]cc1I.O=c1cc[nH]cc1Br. The molecule has 242 valence electrons. The number of hydrogen-bond acceptors (Lipinski definition) is 8. The van der Waals surface area contributed by atoms with Gasteiger partial charge in [-0.05, 0) is 94.1 Å². The number of urea groups is 1. The summed E-state index contributed by atoms with van der Waals surface area (Å²) in [6, 6.07) is 7.72. The number of carbonyl (C=O) groups excluding carboxylic acids is 3. The lowest BCUT2D eigenvalue weighted by molar-refractivity contribution is -0.125. The van der Waals surface area contributed by atoms with Gasteiger partial charge in [0, 0.05) is 60.7 Å². The number of fused-ring (bicyclic) bond motifs is 2. The first-order valence-corrected chi connectivity index (χ1v) is 16.9. The number of amides is 4. The number of furan rings is 1. The van der Waals surface area contributed by atoms with Crippen LogP contribution in [0.5, 0.6) is 5.75 Å². The van der Waals surface area contributed by atoms with E-state index in [1.54, 1.807) is 55.4 Å². The Morgan fingerprint density at radius 1 is 0.979 bits per heavy atom. The van der Waals surface area contributed by atoms with Crippen molar-refractivity contribution in [3.8, 4) is 5.75 Å². The molecule has 4 amide bonds. The fraction of sp³-hybridized carbons (Fsp3) is 0.133. The molecular formula is C30H22Br3IN6O7. The maximum absolute atomic E-state index is 13.0. The molecule has 1 fully saturated rings. The summed E-state index contributed by atoms with van der Waals surface area (Å²) in [5, 5.41) is 5.58. The third kappa shape index (κ3) is 7.37. The minimum Gasteiger partial charge on any atom is -0.497 e. The summed E-state index contributed by atoms with van der Waals surface area (Å²) < 4.78 is 13.6. The van der Waals surface area contributed by atoms with Crippen molar-refractivity contribution in [3.63, 3.8) is 0 Å². The van der Waals surface area contributed by atoms with Crippen molar-refractivity contribution in [3.05, 3.63) is 122 Å². The molecule has 4 N–H and O–H groups in total. The number of halogens is 4. The molecule has 6 heterocycles. The zero-order chi connectivity index (χ0) is 33.9. The second-order valence-electron chi connectivity index (χ2n) is 9.99. The number of nitrogens with zero attached hydrogens (tertiary/aromatic N) is 2. The number of hydrogen-bond donors (Lipinski definition) is 4. The molecule has 0 saturated carbocycles. The number of pyridine rings is 3. The maximum atomic E-state index is 13.0. The molecule has 0 radical (unpaired) electrons. The molecule has 17 heteroatoms. The lowest BCUT2D eigenvalue weighted by Gasteiger charge is -2.29. The van der Waals surface area contributed by atoms with Gasteiger partial charge in [-0.25, -0.2) is 4.79 Å². The Kier molecular flexibility index (Phi) is 10.7. The van der Waals surface area contributed by atoms with E-state index >= 15 is 0 Å². The average Bonchev–Trinajstić information content (AvgIpc) is 3.72. The molecule has 0 unspecified atom stereocenters. The Balaban J connectivity index is 0.000000208. The van der Waals surface area contributed by atoms with E-state index in [4.69, 9.17) is 9.15 Å². The van der Waals surface area contributed by atoms with E-state index in [9.17, 15) is 24.0 Å². The summed E-state index contributed by atoms with van der Waals surface area (Å²) in [6.45, 7) is 0.208. The maximum Gasteiger partial charge on any atom is 0.322 e. The van der Waals surface area contributed by atoms with Crippen LogP contribution in [-0.2, 0) is 16.9 Å². The summed E-state index contributed by atoms with van der Waals surface area (Å²) in [5.74, 6) is -0.0516. The van der Waals surface area contributed by atoms with E-state index in [2.05, 4.69) is 73.4 Å². The molecular weight excluding hydrogens is 923 g/mol. The highest BCUT2D eigenvalue weighted by Gasteiger charge is 2.53. The number of carbonyl (C=O) groups is 3. The number of aromatic amines is 2. The lowest BCUT2D eigenvalue weighted by atomic mass is 9.95. The lowest BCUT2D eigenvalue weighted by Crippen LogP contribution is -2.52. The van der Waals surface area contributed by atoms with Gasteiger partial charge < -0.3 is 29.3 Å². The number of nitrogens with one attached hydrogen (secondary N) is 4. The van der Waals surface area contributed by atoms with E-state index in [0.29, 0.717) is 45.8 Å². The van der Waals surface area contributed by atoms with Crippen molar-refractivity contribution in [2.45, 2.75) is 12.1 Å². The van der Waals surface area contributed by atoms with Crippen LogP contribution in [0.4, 0.5) is 4.79 Å². The number of H-pyrrole nitrogens is 2. The number of aromatic nitrogens is 3. The molecule has 1 saturated heterocycles. The topological polar surface area (TPSA) is 179 Å². The molecule has 0 spiro atoms. The van der Waals surface area contributed by atoms with E-state index in [-0.39, 0.29) is 29.1 Å². The Morgan fingerprint density at radius 2 is 1.74 bits per heavy atom. The van der Waals surface area contributed by atoms with Crippen LogP contribution in [-0.4, -0.2) is 51.4 Å². The highest BCUT2D eigenvalue weighted by molar-refractivity contribution is 14.1. The largest absolute Gasteiger partial charge is 0.497 e. The fourth-order valence-corrected chi connectivity index (χ4v) is 6.58. The van der Waals surface area contributed by atoms with Crippen LogP contribution < -0.4 is 26.2 Å². The van der Waals surface area contributed by atoms with Gasteiger partial charge >= 0.3 is 6.03 Å². The van der Waals surface area contributed by atoms with Crippen LogP contribution in [0, 0.1) is 3.57 Å². The molecule has 0 aliphatic carbocycles. The number of methoxy groups -OCH3 is 1. The quantitative estimate of drug-likeness (QED) is 0.141. The predicted molar refractivity (Wildman–Crippen MR) is 190 cm³/mol. The van der Waals surface area contributed by atoms with E-state index in [0.717, 1.165) is 5.56 Å². The first-order chi connectivity index (χ1) is 22.4. The summed E-state index contributed by atoms with van der Waals surface area (Å²) in [5.41, 5.74) is 0.298. The van der Waals surface area contributed by atoms with Crippen molar-refractivity contribution < 1.29 is 23.5 Å². The average molecular weight is 945 g/mol. The van der Waals surface area contributed by atoms with Gasteiger partial charge in [0.2, 0.25) is 5.43 Å². The van der Waals surface area contributed by atoms with Crippen molar-refractivity contribution >= 4 is 99.2 Å². The molecule has 5 aromatic rings. The van der Waals surface area contributed by atoms with Crippen molar-refractivity contribution in [2.75, 3.05) is 13.7 Å². The molecule has 7 rings (SSSR count). The van der Waals surface area contributed by atoms with Crippen LogP contribution in [0.15, 0.2) is 94.9 Å². The third-order valence-electron chi connectivity index (χ3n) is 7.00. The standard InChI is InChI=1S/C20H15BrN4O5.C5H3BrINO.C5H4BrNO/c1-29-12-3-2-10-8-25(17(26)13(10)5-12)9-20(18(27)23-19(28)24-20)15-4-11-6-22-7-14(21)16(11)30-15;6-3-1-8-2-4(7)5(3)9;6-4-3-7-2-1-5(4)8/h2-7H,8-9H2,1H3,(H2,23,24,27,28);1-2H,(H,8,9);1-3H,(H,7,8)/t20-;;/m0../s1. The number of rotatable bonds is 4. The Hall–Kier alpha value is -3.81. The minimum absolute atomic E-state index is 0.00347. The number of imide groups is 1. The Morgan fingerprint density at radius 3 is 2.34 bits per heavy atom. The summed E-state index contributed by atoms with van der Waals surface area (Å²) in [6.07, 6.45) is 9.63. The van der Waals surface area contributed by atoms with Crippen molar-refractivity contribution in [1.29, 1.82) is 0 Å². The highest BCUT2D eigenvalue weighted by Crippen LogP contribution is 2.36. The zero-order valence-electron chi connectivity index (χ0n) is 24.0. The molecule has 1 atom stereocenters. The Labute approximate surface area is 304 Å². The molecule has 13 nitrogen and oxygen atoms in total. The predicted octanol–water partition coefficient (Wildman–Crippen LogP) is 5.17. The third-order valence-corrected chi connectivity index (χ3v) is 9.57. The van der Waals surface area contributed by atoms with Crippen molar-refractivity contribution in [1.82, 2.24) is 30.5 Å². The van der Waals surface area contributed by atoms with Gasteiger partial charge in [0.25, 0.3) is 11.8 Å². The molecule has 0 bridgehead atoms. The number of ether oxygens (including phenoxy) is 1. The molecule has 1 aromatic carbocycles. The smallest absolute Gasteiger partial charge is 0.322 e. The normalized spacial score (nSPS) is 16.4. The molecule has 47 heavy (non-hydrogen) atoms. The van der Waals surface area contributed by atoms with Gasteiger partial charge in [0.15, 0.2) is 16.6 Å². The molecule has 2 aliphatic rings. The van der Waals surface area contributed by atoms with Gasteiger partial charge in [-0.1, -0.05) is 6.07 Å². The van der Waals surface area contributed by atoms with Crippen LogP contribution in [0.1, 0.15) is 21.7 Å². The van der Waals surface area contributed by atoms with Crippen molar-refractivity contribution in [2.24, 2.45) is 0 Å². The van der Waals surface area contributed by atoms with Gasteiger partial charge in [-0.2, -0.15) is 0 Å². The van der Waals surface area contributed by atoms with E-state index in [1.807, 2.05) is 28.7 Å². The van der Waals surface area contributed by atoms with Gasteiger partial charge in [-0.3, -0.25) is 29.5 Å². The number of benzene rings is 1. The van der Waals surface area contributed by atoms with E-state index < -0.39 is 17.5 Å². The first kappa shape index (κ1) is 34.5. The monoisotopic (exact) mass is 942 g/mol. The minimum atomic E-state index is -1.56. The van der Waals surface area contributed by atoms with Crippen LogP contribution in [0.25, 0.3) is 11.0 Å². The first-order valence-electron chi connectivity index (χ1n) is 13.4. The fourth-order valence-electron chi connectivity index (χ4n) is 4.70. The second kappa shape index (κ2) is 14.5. The molecule has 2 aliphatic heterocycles. The summed E-state index contributed by atoms with van der Waals surface area (Å²) in [7, 11) is 1.53. The van der Waals surface area contributed by atoms with Gasteiger partial charge in [-0.15, -0.1) is 0 Å². The van der Waals surface area contributed by atoms with Gasteiger partial charge in [0.1, 0.15) is 11.5 Å². The van der Waals surface area contributed by atoms with Crippen LogP contribution in [0.3, 0.4) is 0 Å². The van der Waals surface area contributed by atoms with Crippen LogP contribution in [0.2, 0.25) is 0 Å². The van der Waals surface area contributed by atoms with Crippen LogP contribution >= 0.6 is 70.4 Å². The zero-order valence-corrected chi connectivity index (χ0v) is 30.9. The summed E-state index contributed by atoms with van der Waals surface area (Å²) >= 11 is 11.5. The second-order valence-corrected chi connectivity index (χ2v) is 13.7. The Bertz CT molecular complexity index is 2110. The van der Waals surface area contributed by atoms with E-state index in [1.165, 1.54) is 18.1 Å². The highest BCUT2D eigenvalue weighted by atomic mass is 127. The van der Waals surface area contributed by atoms with Gasteiger partial charge in [0.05, 0.1) is 30.6 Å². The summed E-state index contributed by atoms with van der Waals surface area (Å²) in [4.78, 5) is 70.6. The molecule has 4 aromatic heterocycles.